The van der Waals surface area contributed by atoms with Crippen molar-refractivity contribution < 1.29 is 14.7 Å². The van der Waals surface area contributed by atoms with E-state index in [2.05, 4.69) is 10.3 Å². The van der Waals surface area contributed by atoms with Gasteiger partial charge in [0.25, 0.3) is 0 Å². The second-order valence-corrected chi connectivity index (χ2v) is 4.05. The topological polar surface area (TPSA) is 105 Å². The fourth-order valence-electron chi connectivity index (χ4n) is 1.40. The maximum atomic E-state index is 11.6. The highest BCUT2D eigenvalue weighted by Crippen LogP contribution is 2.03. The molecule has 0 spiro atoms. The van der Waals surface area contributed by atoms with Gasteiger partial charge < -0.3 is 16.2 Å². The lowest BCUT2D eigenvalue weighted by molar-refractivity contribution is -0.124. The maximum absolute atomic E-state index is 11.6. The van der Waals surface area contributed by atoms with Gasteiger partial charge in [-0.05, 0) is 24.6 Å². The Balaban J connectivity index is 2.48. The van der Waals surface area contributed by atoms with Crippen molar-refractivity contribution in [1.82, 2.24) is 10.3 Å². The van der Waals surface area contributed by atoms with Gasteiger partial charge in [0.15, 0.2) is 0 Å². The van der Waals surface area contributed by atoms with Gasteiger partial charge in [-0.1, -0.05) is 13.0 Å². The van der Waals surface area contributed by atoms with Crippen LogP contribution < -0.4 is 11.1 Å². The van der Waals surface area contributed by atoms with Crippen molar-refractivity contribution in [2.24, 2.45) is 11.7 Å². The zero-order valence-corrected chi connectivity index (χ0v) is 10.2. The summed E-state index contributed by atoms with van der Waals surface area (Å²) in [6.07, 6.45) is 2.08. The number of carbonyl (C=O) groups excluding carboxylic acids is 1. The summed E-state index contributed by atoms with van der Waals surface area (Å²) in [6, 6.07) is 3.04. The standard InChI is InChI=1S/C12H17N3O3/c1-8(4-5-13)11(16)15-7-9-2-3-10(12(17)18)14-6-9/h2-3,6,8H,4-5,7,13H2,1H3,(H,15,16)(H,17,18). The Morgan fingerprint density at radius 1 is 1.50 bits per heavy atom. The molecule has 18 heavy (non-hydrogen) atoms. The van der Waals surface area contributed by atoms with E-state index in [0.29, 0.717) is 19.5 Å². The molecule has 0 aliphatic carbocycles. The summed E-state index contributed by atoms with van der Waals surface area (Å²) in [5, 5.41) is 11.4. The van der Waals surface area contributed by atoms with E-state index in [9.17, 15) is 9.59 Å². The smallest absolute Gasteiger partial charge is 0.354 e. The lowest BCUT2D eigenvalue weighted by Crippen LogP contribution is -2.30. The van der Waals surface area contributed by atoms with Crippen molar-refractivity contribution >= 4 is 11.9 Å². The molecule has 0 saturated heterocycles. The van der Waals surface area contributed by atoms with Crippen molar-refractivity contribution in [1.29, 1.82) is 0 Å². The van der Waals surface area contributed by atoms with Crippen LogP contribution in [0.2, 0.25) is 0 Å². The Morgan fingerprint density at radius 2 is 2.22 bits per heavy atom. The number of carboxylic acids is 1. The van der Waals surface area contributed by atoms with Gasteiger partial charge in [-0.15, -0.1) is 0 Å². The first-order chi connectivity index (χ1) is 8.54. The minimum absolute atomic E-state index is 0.0124. The van der Waals surface area contributed by atoms with Crippen LogP contribution in [0.1, 0.15) is 29.4 Å². The summed E-state index contributed by atoms with van der Waals surface area (Å²) in [5.74, 6) is -1.26. The molecule has 0 aromatic carbocycles. The molecule has 1 atom stereocenters. The largest absolute Gasteiger partial charge is 0.477 e. The molecule has 1 rings (SSSR count). The van der Waals surface area contributed by atoms with Gasteiger partial charge >= 0.3 is 5.97 Å². The summed E-state index contributed by atoms with van der Waals surface area (Å²) in [7, 11) is 0. The van der Waals surface area contributed by atoms with Crippen molar-refractivity contribution in [3.05, 3.63) is 29.6 Å². The zero-order valence-electron chi connectivity index (χ0n) is 10.2. The highest BCUT2D eigenvalue weighted by molar-refractivity contribution is 5.85. The van der Waals surface area contributed by atoms with Crippen molar-refractivity contribution in [3.8, 4) is 0 Å². The fraction of sp³-hybridized carbons (Fsp3) is 0.417. The molecule has 6 heteroatoms. The number of aromatic carboxylic acids is 1. The molecule has 0 aliphatic heterocycles. The molecule has 0 aliphatic rings. The SMILES string of the molecule is CC(CCN)C(=O)NCc1ccc(C(=O)O)nc1. The van der Waals surface area contributed by atoms with Gasteiger partial charge in [-0.25, -0.2) is 9.78 Å². The molecule has 0 radical (unpaired) electrons. The van der Waals surface area contributed by atoms with E-state index in [4.69, 9.17) is 10.8 Å². The number of nitrogens with one attached hydrogen (secondary N) is 1. The van der Waals surface area contributed by atoms with Crippen molar-refractivity contribution in [3.63, 3.8) is 0 Å². The second-order valence-electron chi connectivity index (χ2n) is 4.05. The Morgan fingerprint density at radius 3 is 2.72 bits per heavy atom. The molecule has 0 saturated carbocycles. The number of pyridine rings is 1. The van der Waals surface area contributed by atoms with Gasteiger partial charge in [0, 0.05) is 18.7 Å². The molecule has 1 heterocycles. The third kappa shape index (κ3) is 4.14. The number of amides is 1. The van der Waals surface area contributed by atoms with Crippen LogP contribution in [0.5, 0.6) is 0 Å². The number of carboxylic acid groups (broad SMARTS) is 1. The molecule has 4 N–H and O–H groups in total. The van der Waals surface area contributed by atoms with Crippen LogP contribution in [0, 0.1) is 5.92 Å². The molecule has 1 aromatic rings. The van der Waals surface area contributed by atoms with E-state index in [1.807, 2.05) is 6.92 Å². The average Bonchev–Trinajstić information content (AvgIpc) is 2.36. The highest BCUT2D eigenvalue weighted by atomic mass is 16.4. The third-order valence-electron chi connectivity index (χ3n) is 2.56. The molecule has 1 amide bonds. The van der Waals surface area contributed by atoms with Crippen LogP contribution in [-0.2, 0) is 11.3 Å². The van der Waals surface area contributed by atoms with Crippen molar-refractivity contribution in [2.45, 2.75) is 19.9 Å². The normalized spacial score (nSPS) is 11.9. The van der Waals surface area contributed by atoms with Gasteiger partial charge in [0.2, 0.25) is 5.91 Å². The van der Waals surface area contributed by atoms with Crippen LogP contribution in [-0.4, -0.2) is 28.5 Å². The molecule has 1 aromatic heterocycles. The molecule has 98 valence electrons. The van der Waals surface area contributed by atoms with Crippen LogP contribution in [0.25, 0.3) is 0 Å². The molecule has 6 nitrogen and oxygen atoms in total. The number of carbonyl (C=O) groups is 2. The maximum Gasteiger partial charge on any atom is 0.354 e. The summed E-state index contributed by atoms with van der Waals surface area (Å²) >= 11 is 0. The number of hydrogen-bond acceptors (Lipinski definition) is 4. The molecular weight excluding hydrogens is 234 g/mol. The van der Waals surface area contributed by atoms with E-state index < -0.39 is 5.97 Å². The molecule has 0 fully saturated rings. The van der Waals surface area contributed by atoms with Gasteiger partial charge in [0.1, 0.15) is 5.69 Å². The Hall–Kier alpha value is -1.95. The lowest BCUT2D eigenvalue weighted by Gasteiger charge is -2.10. The summed E-state index contributed by atoms with van der Waals surface area (Å²) in [4.78, 5) is 26.0. The van der Waals surface area contributed by atoms with Crippen LogP contribution in [0.3, 0.4) is 0 Å². The monoisotopic (exact) mass is 251 g/mol. The van der Waals surface area contributed by atoms with E-state index in [-0.39, 0.29) is 17.5 Å². The first-order valence-electron chi connectivity index (χ1n) is 5.70. The predicted molar refractivity (Wildman–Crippen MR) is 65.9 cm³/mol. The number of aromatic nitrogens is 1. The number of nitrogens with zero attached hydrogens (tertiary/aromatic N) is 1. The number of nitrogens with two attached hydrogens (primary N) is 1. The first-order valence-corrected chi connectivity index (χ1v) is 5.70. The number of hydrogen-bond donors (Lipinski definition) is 3. The fourth-order valence-corrected chi connectivity index (χ4v) is 1.40. The van der Waals surface area contributed by atoms with Gasteiger partial charge in [-0.3, -0.25) is 4.79 Å². The molecular formula is C12H17N3O3. The van der Waals surface area contributed by atoms with Gasteiger partial charge in [-0.2, -0.15) is 0 Å². The Labute approximate surface area is 105 Å². The van der Waals surface area contributed by atoms with Crippen molar-refractivity contribution in [2.75, 3.05) is 6.54 Å². The quantitative estimate of drug-likeness (QED) is 0.678. The minimum atomic E-state index is -1.07. The van der Waals surface area contributed by atoms with E-state index in [1.54, 1.807) is 6.07 Å². The second kappa shape index (κ2) is 6.70. The van der Waals surface area contributed by atoms with Crippen LogP contribution in [0.4, 0.5) is 0 Å². The minimum Gasteiger partial charge on any atom is -0.477 e. The Kier molecular flexibility index (Phi) is 5.26. The Bertz CT molecular complexity index is 417. The zero-order chi connectivity index (χ0) is 13.5. The number of rotatable bonds is 6. The average molecular weight is 251 g/mol. The van der Waals surface area contributed by atoms with E-state index in [1.165, 1.54) is 12.3 Å². The first kappa shape index (κ1) is 14.1. The summed E-state index contributed by atoms with van der Waals surface area (Å²) in [5.41, 5.74) is 6.12. The van der Waals surface area contributed by atoms with Gasteiger partial charge in [0.05, 0.1) is 0 Å². The summed E-state index contributed by atoms with van der Waals surface area (Å²) < 4.78 is 0. The van der Waals surface area contributed by atoms with E-state index in [0.717, 1.165) is 5.56 Å². The third-order valence-corrected chi connectivity index (χ3v) is 2.56. The highest BCUT2D eigenvalue weighted by Gasteiger charge is 2.11. The van der Waals surface area contributed by atoms with E-state index >= 15 is 0 Å². The summed E-state index contributed by atoms with van der Waals surface area (Å²) in [6.45, 7) is 2.62. The molecule has 0 bridgehead atoms. The molecule has 1 unspecified atom stereocenters. The van der Waals surface area contributed by atoms with Crippen LogP contribution in [0.15, 0.2) is 18.3 Å². The lowest BCUT2D eigenvalue weighted by atomic mass is 10.1. The predicted octanol–water partition coefficient (Wildman–Crippen LogP) is 0.381. The van der Waals surface area contributed by atoms with Crippen LogP contribution >= 0.6 is 0 Å².